The number of aromatic nitrogens is 2. The van der Waals surface area contributed by atoms with Gasteiger partial charge in [-0.1, -0.05) is 60.7 Å². The molecule has 0 aliphatic rings. The highest BCUT2D eigenvalue weighted by Crippen LogP contribution is 2.21. The molecule has 25 heavy (non-hydrogen) atoms. The molecule has 0 saturated carbocycles. The van der Waals surface area contributed by atoms with Crippen molar-refractivity contribution in [3.63, 3.8) is 0 Å². The summed E-state index contributed by atoms with van der Waals surface area (Å²) >= 11 is 0. The van der Waals surface area contributed by atoms with Gasteiger partial charge in [0.15, 0.2) is 0 Å². The predicted molar refractivity (Wildman–Crippen MR) is 101 cm³/mol. The highest BCUT2D eigenvalue weighted by Gasteiger charge is 2.14. The summed E-state index contributed by atoms with van der Waals surface area (Å²) in [5.41, 5.74) is 5.02. The summed E-state index contributed by atoms with van der Waals surface area (Å²) in [6.07, 6.45) is 1.20. The fourth-order valence-electron chi connectivity index (χ4n) is 2.89. The van der Waals surface area contributed by atoms with Crippen molar-refractivity contribution in [2.45, 2.75) is 33.2 Å². The van der Waals surface area contributed by atoms with E-state index < -0.39 is 0 Å². The second kappa shape index (κ2) is 7.79. The lowest BCUT2D eigenvalue weighted by atomic mass is 10.1. The molecule has 0 fully saturated rings. The Bertz CT molecular complexity index is 838. The number of nitrogens with zero attached hydrogens (tertiary/aromatic N) is 2. The van der Waals surface area contributed by atoms with Gasteiger partial charge in [0.25, 0.3) is 0 Å². The van der Waals surface area contributed by atoms with Crippen LogP contribution >= 0.6 is 0 Å². The van der Waals surface area contributed by atoms with Crippen LogP contribution in [-0.4, -0.2) is 15.7 Å². The maximum absolute atomic E-state index is 12.3. The Balaban J connectivity index is 1.65. The largest absolute Gasteiger partial charge is 0.323 e. The number of hydrogen-bond acceptors (Lipinski definition) is 2. The van der Waals surface area contributed by atoms with Crippen LogP contribution in [0.4, 0.5) is 5.69 Å². The lowest BCUT2D eigenvalue weighted by molar-refractivity contribution is -0.116. The molecule has 0 atom stereocenters. The topological polar surface area (TPSA) is 46.9 Å². The summed E-state index contributed by atoms with van der Waals surface area (Å²) < 4.78 is 1.94. The van der Waals surface area contributed by atoms with Crippen LogP contribution in [0.1, 0.15) is 28.9 Å². The lowest BCUT2D eigenvalue weighted by Crippen LogP contribution is -2.13. The van der Waals surface area contributed by atoms with E-state index in [1.54, 1.807) is 0 Å². The van der Waals surface area contributed by atoms with Crippen LogP contribution in [0.3, 0.4) is 0 Å². The van der Waals surface area contributed by atoms with Crippen molar-refractivity contribution in [2.75, 3.05) is 5.32 Å². The van der Waals surface area contributed by atoms with Crippen LogP contribution in [0.25, 0.3) is 0 Å². The Morgan fingerprint density at radius 1 is 0.960 bits per heavy atom. The summed E-state index contributed by atoms with van der Waals surface area (Å²) in [6.45, 7) is 4.63. The molecule has 4 nitrogen and oxygen atoms in total. The second-order valence-corrected chi connectivity index (χ2v) is 6.22. The molecule has 1 aromatic heterocycles. The van der Waals surface area contributed by atoms with E-state index in [-0.39, 0.29) is 5.91 Å². The number of aryl methyl sites for hydroxylation is 2. The van der Waals surface area contributed by atoms with E-state index in [1.165, 1.54) is 11.1 Å². The van der Waals surface area contributed by atoms with E-state index in [4.69, 9.17) is 0 Å². The summed E-state index contributed by atoms with van der Waals surface area (Å²) in [5, 5.41) is 7.61. The van der Waals surface area contributed by atoms with E-state index in [2.05, 4.69) is 22.5 Å². The van der Waals surface area contributed by atoms with Crippen molar-refractivity contribution < 1.29 is 4.79 Å². The van der Waals surface area contributed by atoms with Crippen LogP contribution in [-0.2, 0) is 17.8 Å². The molecule has 0 saturated heterocycles. The van der Waals surface area contributed by atoms with Crippen molar-refractivity contribution >= 4 is 11.6 Å². The van der Waals surface area contributed by atoms with Crippen molar-refractivity contribution in [3.05, 3.63) is 83.2 Å². The summed E-state index contributed by atoms with van der Waals surface area (Å²) in [7, 11) is 0. The van der Waals surface area contributed by atoms with Crippen LogP contribution in [0, 0.1) is 13.8 Å². The van der Waals surface area contributed by atoms with Gasteiger partial charge in [0, 0.05) is 6.42 Å². The van der Waals surface area contributed by atoms with Crippen molar-refractivity contribution in [3.8, 4) is 0 Å². The van der Waals surface area contributed by atoms with Crippen molar-refractivity contribution in [1.82, 2.24) is 9.78 Å². The standard InChI is InChI=1S/C21H23N3O/c1-16-21(22-20(25)14-13-18-9-5-3-6-10-18)17(2)24(23-16)15-19-11-7-4-8-12-19/h3-12H,13-15H2,1-2H3,(H,22,25). The highest BCUT2D eigenvalue weighted by atomic mass is 16.1. The van der Waals surface area contributed by atoms with Crippen molar-refractivity contribution in [1.29, 1.82) is 0 Å². The molecule has 4 heteroatoms. The second-order valence-electron chi connectivity index (χ2n) is 6.22. The molecular formula is C21H23N3O. The van der Waals surface area contributed by atoms with Crippen LogP contribution < -0.4 is 5.32 Å². The van der Waals surface area contributed by atoms with Gasteiger partial charge < -0.3 is 5.32 Å². The zero-order chi connectivity index (χ0) is 17.6. The minimum atomic E-state index is 0.0225. The van der Waals surface area contributed by atoms with E-state index in [9.17, 15) is 4.79 Å². The molecule has 1 amide bonds. The predicted octanol–water partition coefficient (Wildman–Crippen LogP) is 4.12. The molecule has 0 unspecified atom stereocenters. The molecule has 1 N–H and O–H groups in total. The maximum atomic E-state index is 12.3. The van der Waals surface area contributed by atoms with E-state index >= 15 is 0 Å². The Kier molecular flexibility index (Phi) is 5.29. The van der Waals surface area contributed by atoms with Crippen molar-refractivity contribution in [2.24, 2.45) is 0 Å². The first kappa shape index (κ1) is 17.0. The van der Waals surface area contributed by atoms with Gasteiger partial charge in [0.1, 0.15) is 0 Å². The summed E-state index contributed by atoms with van der Waals surface area (Å²) in [4.78, 5) is 12.3. The average Bonchev–Trinajstić information content (AvgIpc) is 2.89. The smallest absolute Gasteiger partial charge is 0.224 e. The quantitative estimate of drug-likeness (QED) is 0.737. The number of carbonyl (C=O) groups excluding carboxylic acids is 1. The Hall–Kier alpha value is -2.88. The van der Waals surface area contributed by atoms with E-state index in [0.717, 1.165) is 23.5 Å². The number of anilines is 1. The fraction of sp³-hybridized carbons (Fsp3) is 0.238. The van der Waals surface area contributed by atoms with E-state index in [1.807, 2.05) is 67.1 Å². The number of amides is 1. The van der Waals surface area contributed by atoms with Gasteiger partial charge in [-0.25, -0.2) is 0 Å². The minimum Gasteiger partial charge on any atom is -0.323 e. The minimum absolute atomic E-state index is 0.0225. The van der Waals surface area contributed by atoms with Crippen LogP contribution in [0.5, 0.6) is 0 Å². The zero-order valence-corrected chi connectivity index (χ0v) is 14.7. The molecule has 128 valence electrons. The van der Waals surface area contributed by atoms with Gasteiger partial charge in [-0.2, -0.15) is 5.10 Å². The fourth-order valence-corrected chi connectivity index (χ4v) is 2.89. The summed E-state index contributed by atoms with van der Waals surface area (Å²) in [5.74, 6) is 0.0225. The van der Waals surface area contributed by atoms with Gasteiger partial charge in [-0.3, -0.25) is 9.48 Å². The molecule has 0 aliphatic heterocycles. The Morgan fingerprint density at radius 2 is 1.56 bits per heavy atom. The molecular weight excluding hydrogens is 310 g/mol. The molecule has 0 aliphatic carbocycles. The SMILES string of the molecule is Cc1nn(Cc2ccccc2)c(C)c1NC(=O)CCc1ccccc1. The lowest BCUT2D eigenvalue weighted by Gasteiger charge is -2.07. The molecule has 2 aromatic carbocycles. The first-order valence-electron chi connectivity index (χ1n) is 8.55. The zero-order valence-electron chi connectivity index (χ0n) is 14.7. The third-order valence-corrected chi connectivity index (χ3v) is 4.30. The molecule has 0 spiro atoms. The number of nitrogens with one attached hydrogen (secondary N) is 1. The monoisotopic (exact) mass is 333 g/mol. The normalized spacial score (nSPS) is 10.6. The van der Waals surface area contributed by atoms with Crippen LogP contribution in [0.2, 0.25) is 0 Å². The Labute approximate surface area is 148 Å². The molecule has 3 aromatic rings. The number of carbonyl (C=O) groups is 1. The van der Waals surface area contributed by atoms with Gasteiger partial charge in [-0.05, 0) is 31.4 Å². The average molecular weight is 333 g/mol. The summed E-state index contributed by atoms with van der Waals surface area (Å²) in [6, 6.07) is 20.3. The van der Waals surface area contributed by atoms with Gasteiger partial charge in [0.05, 0.1) is 23.6 Å². The van der Waals surface area contributed by atoms with E-state index in [0.29, 0.717) is 13.0 Å². The van der Waals surface area contributed by atoms with Crippen LogP contribution in [0.15, 0.2) is 60.7 Å². The maximum Gasteiger partial charge on any atom is 0.224 e. The van der Waals surface area contributed by atoms with Gasteiger partial charge >= 0.3 is 0 Å². The van der Waals surface area contributed by atoms with Gasteiger partial charge in [-0.15, -0.1) is 0 Å². The third-order valence-electron chi connectivity index (χ3n) is 4.30. The van der Waals surface area contributed by atoms with Gasteiger partial charge in [0.2, 0.25) is 5.91 Å². The highest BCUT2D eigenvalue weighted by molar-refractivity contribution is 5.92. The third kappa shape index (κ3) is 4.35. The first-order valence-corrected chi connectivity index (χ1v) is 8.55. The Morgan fingerprint density at radius 3 is 2.20 bits per heavy atom. The molecule has 0 radical (unpaired) electrons. The first-order chi connectivity index (χ1) is 12.1. The molecule has 1 heterocycles. The molecule has 0 bridgehead atoms. The number of rotatable bonds is 6. The number of hydrogen-bond donors (Lipinski definition) is 1. The molecule has 3 rings (SSSR count). The number of benzene rings is 2.